The number of aromatic nitrogens is 3. The Kier molecular flexibility index (Phi) is 4.51. The highest BCUT2D eigenvalue weighted by Crippen LogP contribution is 2.22. The SMILES string of the molecule is CCNc1nc(OC)nc(N(C)c2ccc(C#N)cc2)n1. The van der Waals surface area contributed by atoms with Gasteiger partial charge in [-0.2, -0.15) is 20.2 Å². The maximum Gasteiger partial charge on any atom is 0.322 e. The normalized spacial score (nSPS) is 9.81. The van der Waals surface area contributed by atoms with E-state index in [0.717, 1.165) is 5.69 Å². The van der Waals surface area contributed by atoms with E-state index >= 15 is 0 Å². The first-order valence-electron chi connectivity index (χ1n) is 6.45. The molecule has 0 spiro atoms. The fraction of sp³-hybridized carbons (Fsp3) is 0.286. The second-order valence-corrected chi connectivity index (χ2v) is 4.19. The zero-order chi connectivity index (χ0) is 15.2. The van der Waals surface area contributed by atoms with E-state index in [1.165, 1.54) is 7.11 Å². The monoisotopic (exact) mass is 284 g/mol. The summed E-state index contributed by atoms with van der Waals surface area (Å²) in [5.74, 6) is 0.919. The number of ether oxygens (including phenoxy) is 1. The first kappa shape index (κ1) is 14.5. The van der Waals surface area contributed by atoms with Crippen molar-refractivity contribution in [2.45, 2.75) is 6.92 Å². The van der Waals surface area contributed by atoms with Gasteiger partial charge in [0.15, 0.2) is 0 Å². The zero-order valence-corrected chi connectivity index (χ0v) is 12.2. The van der Waals surface area contributed by atoms with Crippen LogP contribution in [0.4, 0.5) is 17.6 Å². The second-order valence-electron chi connectivity index (χ2n) is 4.19. The van der Waals surface area contributed by atoms with Crippen molar-refractivity contribution in [3.8, 4) is 12.1 Å². The third-order valence-electron chi connectivity index (χ3n) is 2.80. The molecule has 0 aliphatic carbocycles. The zero-order valence-electron chi connectivity index (χ0n) is 12.2. The number of nitriles is 1. The van der Waals surface area contributed by atoms with Gasteiger partial charge < -0.3 is 15.0 Å². The van der Waals surface area contributed by atoms with Gasteiger partial charge in [0.25, 0.3) is 0 Å². The number of nitrogens with one attached hydrogen (secondary N) is 1. The summed E-state index contributed by atoms with van der Waals surface area (Å²) in [6.07, 6.45) is 0. The molecule has 1 N–H and O–H groups in total. The topological polar surface area (TPSA) is 87.0 Å². The summed E-state index contributed by atoms with van der Waals surface area (Å²) >= 11 is 0. The average Bonchev–Trinajstić information content (AvgIpc) is 2.54. The van der Waals surface area contributed by atoms with E-state index in [-0.39, 0.29) is 6.01 Å². The molecule has 7 heteroatoms. The van der Waals surface area contributed by atoms with Crippen molar-refractivity contribution in [2.24, 2.45) is 0 Å². The van der Waals surface area contributed by atoms with Crippen LogP contribution in [-0.2, 0) is 0 Å². The van der Waals surface area contributed by atoms with Gasteiger partial charge >= 0.3 is 6.01 Å². The van der Waals surface area contributed by atoms with E-state index in [4.69, 9.17) is 10.00 Å². The minimum Gasteiger partial charge on any atom is -0.467 e. The first-order chi connectivity index (χ1) is 10.2. The van der Waals surface area contributed by atoms with Crippen LogP contribution in [0.1, 0.15) is 12.5 Å². The molecule has 0 bridgehead atoms. The van der Waals surface area contributed by atoms with Crippen LogP contribution < -0.4 is 15.0 Å². The molecule has 108 valence electrons. The standard InChI is InChI=1S/C14H16N6O/c1-4-16-12-17-13(19-14(18-12)21-3)20(2)11-7-5-10(9-15)6-8-11/h5-8H,4H2,1-3H3,(H,16,17,18,19). The van der Waals surface area contributed by atoms with Crippen molar-refractivity contribution in [3.05, 3.63) is 29.8 Å². The molecule has 0 unspecified atom stereocenters. The Bertz CT molecular complexity index is 650. The number of methoxy groups -OCH3 is 1. The van der Waals surface area contributed by atoms with E-state index in [1.54, 1.807) is 17.0 Å². The molecule has 1 aromatic carbocycles. The Hall–Kier alpha value is -2.88. The molecular weight excluding hydrogens is 268 g/mol. The fourth-order valence-electron chi connectivity index (χ4n) is 1.70. The summed E-state index contributed by atoms with van der Waals surface area (Å²) in [5.41, 5.74) is 1.47. The van der Waals surface area contributed by atoms with Gasteiger partial charge in [-0.3, -0.25) is 0 Å². The molecule has 0 amide bonds. The van der Waals surface area contributed by atoms with Crippen LogP contribution in [0.2, 0.25) is 0 Å². The average molecular weight is 284 g/mol. The number of rotatable bonds is 5. The van der Waals surface area contributed by atoms with E-state index in [2.05, 4.69) is 26.3 Å². The summed E-state index contributed by atoms with van der Waals surface area (Å²) in [7, 11) is 3.35. The quantitative estimate of drug-likeness (QED) is 0.897. The summed E-state index contributed by atoms with van der Waals surface area (Å²) in [5, 5.41) is 11.9. The molecule has 0 saturated carbocycles. The molecule has 0 saturated heterocycles. The van der Waals surface area contributed by atoms with E-state index in [0.29, 0.717) is 24.0 Å². The maximum absolute atomic E-state index is 8.83. The molecule has 0 atom stereocenters. The lowest BCUT2D eigenvalue weighted by atomic mass is 10.2. The predicted molar refractivity (Wildman–Crippen MR) is 79.8 cm³/mol. The maximum atomic E-state index is 8.83. The van der Waals surface area contributed by atoms with E-state index < -0.39 is 0 Å². The number of nitrogens with zero attached hydrogens (tertiary/aromatic N) is 5. The Labute approximate surface area is 123 Å². The van der Waals surface area contributed by atoms with E-state index in [1.807, 2.05) is 26.1 Å². The van der Waals surface area contributed by atoms with Gasteiger partial charge in [-0.1, -0.05) is 0 Å². The lowest BCUT2D eigenvalue weighted by molar-refractivity contribution is 0.379. The Morgan fingerprint density at radius 2 is 1.95 bits per heavy atom. The predicted octanol–water partition coefficient (Wildman–Crippen LogP) is 1.95. The largest absolute Gasteiger partial charge is 0.467 e. The van der Waals surface area contributed by atoms with Crippen molar-refractivity contribution in [1.29, 1.82) is 5.26 Å². The van der Waals surface area contributed by atoms with Crippen LogP contribution in [0, 0.1) is 11.3 Å². The highest BCUT2D eigenvalue weighted by molar-refractivity contribution is 5.58. The van der Waals surface area contributed by atoms with Crippen LogP contribution >= 0.6 is 0 Å². The van der Waals surface area contributed by atoms with Gasteiger partial charge in [0.2, 0.25) is 11.9 Å². The van der Waals surface area contributed by atoms with Crippen molar-refractivity contribution >= 4 is 17.6 Å². The van der Waals surface area contributed by atoms with Gasteiger partial charge in [-0.15, -0.1) is 0 Å². The Morgan fingerprint density at radius 1 is 1.24 bits per heavy atom. The highest BCUT2D eigenvalue weighted by Gasteiger charge is 2.12. The number of anilines is 3. The minimum atomic E-state index is 0.247. The highest BCUT2D eigenvalue weighted by atomic mass is 16.5. The molecule has 7 nitrogen and oxygen atoms in total. The second kappa shape index (κ2) is 6.52. The molecular formula is C14H16N6O. The van der Waals surface area contributed by atoms with Crippen LogP contribution in [0.3, 0.4) is 0 Å². The van der Waals surface area contributed by atoms with Gasteiger partial charge in [-0.05, 0) is 31.2 Å². The molecule has 0 radical (unpaired) electrons. The molecule has 1 heterocycles. The fourth-order valence-corrected chi connectivity index (χ4v) is 1.70. The number of hydrogen-bond acceptors (Lipinski definition) is 7. The summed E-state index contributed by atoms with van der Waals surface area (Å²) in [6, 6.07) is 9.50. The van der Waals surface area contributed by atoms with E-state index in [9.17, 15) is 0 Å². The van der Waals surface area contributed by atoms with Crippen LogP contribution in [0.15, 0.2) is 24.3 Å². The smallest absolute Gasteiger partial charge is 0.322 e. The molecule has 1 aromatic heterocycles. The lowest BCUT2D eigenvalue weighted by Crippen LogP contribution is -2.16. The molecule has 0 aliphatic heterocycles. The molecule has 2 rings (SSSR count). The van der Waals surface area contributed by atoms with Crippen molar-refractivity contribution < 1.29 is 4.74 Å². The van der Waals surface area contributed by atoms with Crippen molar-refractivity contribution in [1.82, 2.24) is 15.0 Å². The van der Waals surface area contributed by atoms with Crippen LogP contribution in [-0.4, -0.2) is 35.7 Å². The summed E-state index contributed by atoms with van der Waals surface area (Å²) in [6.45, 7) is 2.66. The third kappa shape index (κ3) is 3.36. The van der Waals surface area contributed by atoms with Crippen LogP contribution in [0.25, 0.3) is 0 Å². The molecule has 0 fully saturated rings. The summed E-state index contributed by atoms with van der Waals surface area (Å²) < 4.78 is 5.09. The van der Waals surface area contributed by atoms with Crippen molar-refractivity contribution in [3.63, 3.8) is 0 Å². The third-order valence-corrected chi connectivity index (χ3v) is 2.80. The summed E-state index contributed by atoms with van der Waals surface area (Å²) in [4.78, 5) is 14.5. The minimum absolute atomic E-state index is 0.247. The molecule has 21 heavy (non-hydrogen) atoms. The molecule has 2 aromatic rings. The Balaban J connectivity index is 2.34. The van der Waals surface area contributed by atoms with Gasteiger partial charge in [0.1, 0.15) is 0 Å². The van der Waals surface area contributed by atoms with Gasteiger partial charge in [0, 0.05) is 19.3 Å². The Morgan fingerprint density at radius 3 is 2.52 bits per heavy atom. The van der Waals surface area contributed by atoms with Gasteiger partial charge in [0.05, 0.1) is 18.7 Å². The number of benzene rings is 1. The first-order valence-corrected chi connectivity index (χ1v) is 6.45. The van der Waals surface area contributed by atoms with Crippen LogP contribution in [0.5, 0.6) is 6.01 Å². The number of hydrogen-bond donors (Lipinski definition) is 1. The lowest BCUT2D eigenvalue weighted by Gasteiger charge is -2.18. The molecule has 0 aliphatic rings. The van der Waals surface area contributed by atoms with Crippen molar-refractivity contribution in [2.75, 3.05) is 30.9 Å². The van der Waals surface area contributed by atoms with Gasteiger partial charge in [-0.25, -0.2) is 0 Å².